The average Bonchev–Trinajstić information content (AvgIpc) is 2.83. The Morgan fingerprint density at radius 1 is 1.09 bits per heavy atom. The molecular weight excluding hydrogens is 436 g/mol. The minimum atomic E-state index is -0.339. The summed E-state index contributed by atoms with van der Waals surface area (Å²) < 4.78 is 1.71. The second kappa shape index (κ2) is 12.0. The van der Waals surface area contributed by atoms with Gasteiger partial charge in [0.05, 0.1) is 22.6 Å². The molecule has 0 aliphatic rings. The highest BCUT2D eigenvalue weighted by atomic mass is 16.2. The largest absolute Gasteiger partial charge is 0.338 e. The number of carbonyl (C=O) groups is 1. The smallest absolute Gasteiger partial charge is 0.318 e. The summed E-state index contributed by atoms with van der Waals surface area (Å²) in [6.45, 7) is 13.8. The fourth-order valence-corrected chi connectivity index (χ4v) is 4.30. The van der Waals surface area contributed by atoms with E-state index in [4.69, 9.17) is 4.98 Å². The molecule has 0 saturated carbocycles. The predicted molar refractivity (Wildman–Crippen MR) is 144 cm³/mol. The number of benzene rings is 2. The number of rotatable bonds is 10. The molecule has 0 saturated heterocycles. The molecule has 188 valence electrons. The van der Waals surface area contributed by atoms with Gasteiger partial charge in [-0.05, 0) is 74.4 Å². The quantitative estimate of drug-likeness (QED) is 0.349. The molecule has 1 atom stereocenters. The summed E-state index contributed by atoms with van der Waals surface area (Å²) in [4.78, 5) is 34.1. The fourth-order valence-electron chi connectivity index (χ4n) is 4.30. The van der Waals surface area contributed by atoms with Crippen LogP contribution in [0.3, 0.4) is 0 Å². The maximum Gasteiger partial charge on any atom is 0.318 e. The molecule has 1 unspecified atom stereocenters. The van der Waals surface area contributed by atoms with Gasteiger partial charge in [-0.3, -0.25) is 9.36 Å². The van der Waals surface area contributed by atoms with E-state index in [0.717, 1.165) is 36.1 Å². The Kier molecular flexibility index (Phi) is 9.07. The van der Waals surface area contributed by atoms with Crippen LogP contribution in [0.25, 0.3) is 16.6 Å². The average molecular weight is 477 g/mol. The van der Waals surface area contributed by atoms with E-state index in [1.807, 2.05) is 54.3 Å². The first-order valence-electron chi connectivity index (χ1n) is 12.9. The molecule has 2 aromatic carbocycles. The molecule has 1 N–H and O–H groups in total. The van der Waals surface area contributed by atoms with E-state index in [1.54, 1.807) is 4.57 Å². The zero-order valence-corrected chi connectivity index (χ0v) is 22.1. The van der Waals surface area contributed by atoms with Crippen LogP contribution in [0.15, 0.2) is 47.3 Å². The van der Waals surface area contributed by atoms with Gasteiger partial charge in [-0.1, -0.05) is 52.3 Å². The second-order valence-electron chi connectivity index (χ2n) is 9.78. The van der Waals surface area contributed by atoms with Crippen molar-refractivity contribution < 1.29 is 4.79 Å². The molecule has 0 bridgehead atoms. The van der Waals surface area contributed by atoms with Gasteiger partial charge >= 0.3 is 6.03 Å². The van der Waals surface area contributed by atoms with Crippen LogP contribution in [0.5, 0.6) is 0 Å². The summed E-state index contributed by atoms with van der Waals surface area (Å²) in [6, 6.07) is 13.1. The van der Waals surface area contributed by atoms with Crippen molar-refractivity contribution in [3.05, 3.63) is 69.8 Å². The lowest BCUT2D eigenvalue weighted by Crippen LogP contribution is -2.45. The number of urea groups is 1. The van der Waals surface area contributed by atoms with Crippen LogP contribution in [-0.2, 0) is 0 Å². The van der Waals surface area contributed by atoms with Crippen LogP contribution in [0.4, 0.5) is 4.79 Å². The predicted octanol–water partition coefficient (Wildman–Crippen LogP) is 6.31. The Morgan fingerprint density at radius 2 is 1.83 bits per heavy atom. The van der Waals surface area contributed by atoms with Crippen LogP contribution in [0.1, 0.15) is 76.4 Å². The molecule has 0 fully saturated rings. The SMILES string of the molecule is CCCCNC(=O)N(CCC(C)C)C(CC)c1nc2ccccc2c(=O)n1-c1ccc(C)c(C)c1. The van der Waals surface area contributed by atoms with Gasteiger partial charge in [-0.15, -0.1) is 0 Å². The Hall–Kier alpha value is -3.15. The number of nitrogens with one attached hydrogen (secondary N) is 1. The van der Waals surface area contributed by atoms with E-state index in [0.29, 0.717) is 42.2 Å². The van der Waals surface area contributed by atoms with Crippen molar-refractivity contribution in [3.63, 3.8) is 0 Å². The first-order chi connectivity index (χ1) is 16.8. The molecule has 6 nitrogen and oxygen atoms in total. The standard InChI is InChI=1S/C29H40N4O2/c1-7-9-17-30-29(35)32(18-16-20(3)4)26(8-2)27-31-25-13-11-10-12-24(25)28(34)33(27)23-15-14-21(5)22(6)19-23/h10-15,19-20,26H,7-9,16-18H2,1-6H3,(H,30,35). The summed E-state index contributed by atoms with van der Waals surface area (Å²) >= 11 is 0. The fraction of sp³-hybridized carbons (Fsp3) is 0.483. The maximum atomic E-state index is 13.8. The molecule has 0 aliphatic heterocycles. The molecule has 3 aromatic rings. The summed E-state index contributed by atoms with van der Waals surface area (Å²) in [5.74, 6) is 1.05. The molecule has 0 spiro atoms. The molecule has 0 aliphatic carbocycles. The number of hydrogen-bond acceptors (Lipinski definition) is 3. The van der Waals surface area contributed by atoms with Gasteiger partial charge in [-0.2, -0.15) is 0 Å². The lowest BCUT2D eigenvalue weighted by Gasteiger charge is -2.33. The van der Waals surface area contributed by atoms with Gasteiger partial charge in [0.1, 0.15) is 5.82 Å². The van der Waals surface area contributed by atoms with Gasteiger partial charge in [0.25, 0.3) is 5.56 Å². The minimum absolute atomic E-state index is 0.0972. The van der Waals surface area contributed by atoms with Gasteiger partial charge in [0.15, 0.2) is 0 Å². The number of carbonyl (C=O) groups excluding carboxylic acids is 1. The van der Waals surface area contributed by atoms with E-state index in [2.05, 4.69) is 39.9 Å². The molecule has 6 heteroatoms. The highest BCUT2D eigenvalue weighted by Crippen LogP contribution is 2.27. The Balaban J connectivity index is 2.21. The monoisotopic (exact) mass is 476 g/mol. The number of hydrogen-bond donors (Lipinski definition) is 1. The number of aryl methyl sites for hydroxylation is 2. The van der Waals surface area contributed by atoms with Crippen LogP contribution >= 0.6 is 0 Å². The highest BCUT2D eigenvalue weighted by molar-refractivity contribution is 5.78. The number of nitrogens with zero attached hydrogens (tertiary/aromatic N) is 3. The topological polar surface area (TPSA) is 67.2 Å². The first-order valence-corrected chi connectivity index (χ1v) is 12.9. The number of fused-ring (bicyclic) bond motifs is 1. The van der Waals surface area contributed by atoms with E-state index >= 15 is 0 Å². The number of amides is 2. The minimum Gasteiger partial charge on any atom is -0.338 e. The third-order valence-corrected chi connectivity index (χ3v) is 6.63. The van der Waals surface area contributed by atoms with Crippen molar-refractivity contribution in [3.8, 4) is 5.69 Å². The Labute approximate surface area is 209 Å². The van der Waals surface area contributed by atoms with Gasteiger partial charge < -0.3 is 10.2 Å². The van der Waals surface area contributed by atoms with Crippen molar-refractivity contribution in [1.82, 2.24) is 19.8 Å². The lowest BCUT2D eigenvalue weighted by atomic mass is 10.1. The van der Waals surface area contributed by atoms with Crippen LogP contribution < -0.4 is 10.9 Å². The number of aromatic nitrogens is 2. The van der Waals surface area contributed by atoms with Crippen LogP contribution in [0.2, 0.25) is 0 Å². The van der Waals surface area contributed by atoms with E-state index < -0.39 is 0 Å². The highest BCUT2D eigenvalue weighted by Gasteiger charge is 2.29. The molecule has 2 amide bonds. The zero-order valence-electron chi connectivity index (χ0n) is 22.1. The van der Waals surface area contributed by atoms with Gasteiger partial charge in [0, 0.05) is 13.1 Å². The van der Waals surface area contributed by atoms with Crippen LogP contribution in [0, 0.1) is 19.8 Å². The zero-order chi connectivity index (χ0) is 25.5. The van der Waals surface area contributed by atoms with E-state index in [9.17, 15) is 9.59 Å². The molecule has 1 heterocycles. The van der Waals surface area contributed by atoms with Crippen molar-refractivity contribution in [2.75, 3.05) is 13.1 Å². The lowest BCUT2D eigenvalue weighted by molar-refractivity contribution is 0.163. The number of unbranched alkanes of at least 4 members (excludes halogenated alkanes) is 1. The molecule has 0 radical (unpaired) electrons. The first kappa shape index (κ1) is 26.5. The molecular formula is C29H40N4O2. The van der Waals surface area contributed by atoms with Crippen LogP contribution in [-0.4, -0.2) is 33.6 Å². The van der Waals surface area contributed by atoms with Crippen molar-refractivity contribution in [2.45, 2.75) is 73.3 Å². The maximum absolute atomic E-state index is 13.8. The number of para-hydroxylation sites is 1. The summed E-state index contributed by atoms with van der Waals surface area (Å²) in [6.07, 6.45) is 3.47. The second-order valence-corrected chi connectivity index (χ2v) is 9.78. The molecule has 3 rings (SSSR count). The van der Waals surface area contributed by atoms with Crippen molar-refractivity contribution in [1.29, 1.82) is 0 Å². The molecule has 35 heavy (non-hydrogen) atoms. The van der Waals surface area contributed by atoms with Crippen molar-refractivity contribution >= 4 is 16.9 Å². The normalized spacial score (nSPS) is 12.2. The molecule has 1 aromatic heterocycles. The third-order valence-electron chi connectivity index (χ3n) is 6.63. The summed E-state index contributed by atoms with van der Waals surface area (Å²) in [5, 5.41) is 3.67. The van der Waals surface area contributed by atoms with Gasteiger partial charge in [-0.25, -0.2) is 9.78 Å². The van der Waals surface area contributed by atoms with E-state index in [1.165, 1.54) is 0 Å². The Morgan fingerprint density at radius 3 is 2.49 bits per heavy atom. The Bertz CT molecular complexity index is 1220. The van der Waals surface area contributed by atoms with Gasteiger partial charge in [0.2, 0.25) is 0 Å². The van der Waals surface area contributed by atoms with E-state index in [-0.39, 0.29) is 17.6 Å². The van der Waals surface area contributed by atoms with Crippen molar-refractivity contribution in [2.24, 2.45) is 5.92 Å². The third kappa shape index (κ3) is 6.11. The summed E-state index contributed by atoms with van der Waals surface area (Å²) in [7, 11) is 0. The summed E-state index contributed by atoms with van der Waals surface area (Å²) in [5.41, 5.74) is 3.59.